The molecule has 2 fully saturated rings. The quantitative estimate of drug-likeness (QED) is 0.385. The highest BCUT2D eigenvalue weighted by Gasteiger charge is 2.49. The van der Waals surface area contributed by atoms with Gasteiger partial charge in [0.25, 0.3) is 0 Å². The van der Waals surface area contributed by atoms with Crippen LogP contribution >= 0.6 is 11.6 Å². The number of benzene rings is 2. The first kappa shape index (κ1) is 23.4. The molecule has 5 aliphatic rings. The molecule has 2 aliphatic heterocycles. The Kier molecular flexibility index (Phi) is 5.31. The number of amides is 1. The molecule has 5 heteroatoms. The second-order valence-corrected chi connectivity index (χ2v) is 12.8. The van der Waals surface area contributed by atoms with Crippen molar-refractivity contribution in [3.05, 3.63) is 69.3 Å². The molecule has 192 valence electrons. The van der Waals surface area contributed by atoms with Gasteiger partial charge in [-0.15, -0.1) is 0 Å². The van der Waals surface area contributed by atoms with E-state index in [1.54, 1.807) is 0 Å². The lowest BCUT2D eigenvalue weighted by Gasteiger charge is -2.33. The molecule has 1 saturated heterocycles. The molecule has 2 aromatic carbocycles. The van der Waals surface area contributed by atoms with Crippen molar-refractivity contribution in [2.24, 2.45) is 5.92 Å². The zero-order valence-corrected chi connectivity index (χ0v) is 22.7. The molecule has 37 heavy (non-hydrogen) atoms. The highest BCUT2D eigenvalue weighted by molar-refractivity contribution is 6.30. The number of aryl methyl sites for hydroxylation is 1. The van der Waals surface area contributed by atoms with Crippen molar-refractivity contribution in [3.8, 4) is 16.9 Å². The fourth-order valence-corrected chi connectivity index (χ4v) is 7.55. The molecule has 0 radical (unpaired) electrons. The van der Waals surface area contributed by atoms with Crippen molar-refractivity contribution in [1.82, 2.24) is 4.90 Å². The van der Waals surface area contributed by atoms with Gasteiger partial charge in [-0.25, -0.2) is 4.79 Å². The smallest absolute Gasteiger partial charge is 0.411 e. The fraction of sp³-hybridized carbons (Fsp3) is 0.469. The number of rotatable bonds is 1. The van der Waals surface area contributed by atoms with E-state index in [4.69, 9.17) is 21.1 Å². The molecule has 4 nitrogen and oxygen atoms in total. The van der Waals surface area contributed by atoms with Crippen LogP contribution in [0.15, 0.2) is 47.6 Å². The summed E-state index contributed by atoms with van der Waals surface area (Å²) in [6, 6.07) is 11.2. The Bertz CT molecular complexity index is 1380. The van der Waals surface area contributed by atoms with Crippen LogP contribution in [0.3, 0.4) is 0 Å². The highest BCUT2D eigenvalue weighted by atomic mass is 35.5. The number of carbonyl (C=O) groups excluding carboxylic acids is 1. The first-order chi connectivity index (χ1) is 17.7. The Morgan fingerprint density at radius 2 is 1.89 bits per heavy atom. The number of likely N-dealkylation sites (tertiary alicyclic amines) is 1. The number of ether oxygens (including phenoxy) is 2. The minimum absolute atomic E-state index is 0.136. The van der Waals surface area contributed by atoms with E-state index < -0.39 is 5.60 Å². The SMILES string of the molecule is CC(C)(C)OC(=O)N1C(C2=CC3=C(C2)c2cc4c(cc2CC3)-c2ccc(Cl)cc2OC4)C[C@@H]2CCC[C@@H]21. The van der Waals surface area contributed by atoms with Gasteiger partial charge in [-0.1, -0.05) is 24.1 Å². The summed E-state index contributed by atoms with van der Waals surface area (Å²) in [4.78, 5) is 15.5. The van der Waals surface area contributed by atoms with Crippen LogP contribution in [0.5, 0.6) is 5.75 Å². The normalized spacial score (nSPS) is 25.6. The van der Waals surface area contributed by atoms with Crippen molar-refractivity contribution in [1.29, 1.82) is 0 Å². The molecule has 2 aromatic rings. The summed E-state index contributed by atoms with van der Waals surface area (Å²) in [6.45, 7) is 6.46. The van der Waals surface area contributed by atoms with Crippen molar-refractivity contribution in [3.63, 3.8) is 0 Å². The standard InChI is InChI=1S/C32H34ClNO3/c1-32(2,3)37-31(35)34-28-6-4-5-20(28)15-29(34)21-11-18-7-8-19-12-27-22(14-26(19)25(18)13-21)17-36-30-16-23(33)9-10-24(27)30/h9-12,14,16,20,28-29H,4-8,13,15,17H2,1-3H3/t20-,28-,29?/m0/s1. The molecule has 0 N–H and O–H groups in total. The highest BCUT2D eigenvalue weighted by Crippen LogP contribution is 2.50. The summed E-state index contributed by atoms with van der Waals surface area (Å²) >= 11 is 6.22. The van der Waals surface area contributed by atoms with Gasteiger partial charge in [0.2, 0.25) is 0 Å². The van der Waals surface area contributed by atoms with Gasteiger partial charge in [0.15, 0.2) is 0 Å². The van der Waals surface area contributed by atoms with E-state index >= 15 is 0 Å². The molecule has 1 amide bonds. The van der Waals surface area contributed by atoms with Crippen LogP contribution in [-0.2, 0) is 17.8 Å². The van der Waals surface area contributed by atoms with Crippen LogP contribution in [0, 0.1) is 5.92 Å². The van der Waals surface area contributed by atoms with Gasteiger partial charge in [0.1, 0.15) is 18.0 Å². The third kappa shape index (κ3) is 3.91. The summed E-state index contributed by atoms with van der Waals surface area (Å²) in [5.74, 6) is 1.47. The number of carbonyl (C=O) groups is 1. The monoisotopic (exact) mass is 515 g/mol. The molecular formula is C32H34ClNO3. The lowest BCUT2D eigenvalue weighted by molar-refractivity contribution is 0.0164. The van der Waals surface area contributed by atoms with Crippen molar-refractivity contribution in [2.45, 2.75) is 90.0 Å². The third-order valence-corrected chi connectivity index (χ3v) is 9.17. The van der Waals surface area contributed by atoms with Gasteiger partial charge in [-0.2, -0.15) is 0 Å². The Morgan fingerprint density at radius 3 is 2.73 bits per heavy atom. The van der Waals surface area contributed by atoms with Crippen LogP contribution in [0.1, 0.15) is 76.0 Å². The maximum Gasteiger partial charge on any atom is 0.411 e. The molecule has 2 heterocycles. The lowest BCUT2D eigenvalue weighted by atomic mass is 9.82. The van der Waals surface area contributed by atoms with Crippen LogP contribution in [0.4, 0.5) is 4.79 Å². The number of halogens is 1. The maximum atomic E-state index is 13.4. The summed E-state index contributed by atoms with van der Waals surface area (Å²) in [5, 5.41) is 0.705. The minimum atomic E-state index is -0.482. The average Bonchev–Trinajstić information content (AvgIpc) is 3.55. The second kappa shape index (κ2) is 8.39. The lowest BCUT2D eigenvalue weighted by Crippen LogP contribution is -2.44. The zero-order chi connectivity index (χ0) is 25.5. The predicted octanol–water partition coefficient (Wildman–Crippen LogP) is 8.11. The Labute approximate surface area is 224 Å². The first-order valence-corrected chi connectivity index (χ1v) is 14.2. The van der Waals surface area contributed by atoms with Gasteiger partial charge in [0.05, 0.1) is 6.04 Å². The summed E-state index contributed by atoms with van der Waals surface area (Å²) in [6.07, 6.45) is 9.92. The van der Waals surface area contributed by atoms with Gasteiger partial charge >= 0.3 is 6.09 Å². The predicted molar refractivity (Wildman–Crippen MR) is 147 cm³/mol. The fourth-order valence-electron chi connectivity index (χ4n) is 7.39. The van der Waals surface area contributed by atoms with Crippen LogP contribution in [-0.4, -0.2) is 28.7 Å². The summed E-state index contributed by atoms with van der Waals surface area (Å²) in [5.41, 5.74) is 10.2. The Balaban J connectivity index is 1.19. The summed E-state index contributed by atoms with van der Waals surface area (Å²) in [7, 11) is 0. The number of allylic oxidation sites excluding steroid dienone is 3. The van der Waals surface area contributed by atoms with Crippen molar-refractivity contribution in [2.75, 3.05) is 0 Å². The summed E-state index contributed by atoms with van der Waals surface area (Å²) < 4.78 is 12.0. The molecule has 1 saturated carbocycles. The van der Waals surface area contributed by atoms with Gasteiger partial charge in [0, 0.05) is 16.6 Å². The molecule has 3 aliphatic carbocycles. The van der Waals surface area contributed by atoms with Crippen LogP contribution < -0.4 is 4.74 Å². The van der Waals surface area contributed by atoms with E-state index in [0.717, 1.165) is 43.4 Å². The molecule has 1 unspecified atom stereocenters. The molecule has 0 spiro atoms. The number of hydrogen-bond acceptors (Lipinski definition) is 3. The van der Waals surface area contributed by atoms with E-state index in [9.17, 15) is 4.79 Å². The first-order valence-electron chi connectivity index (χ1n) is 13.8. The Morgan fingerprint density at radius 1 is 1.05 bits per heavy atom. The van der Waals surface area contributed by atoms with E-state index in [2.05, 4.69) is 29.2 Å². The van der Waals surface area contributed by atoms with Gasteiger partial charge in [-0.3, -0.25) is 4.90 Å². The van der Waals surface area contributed by atoms with E-state index in [1.165, 1.54) is 51.8 Å². The second-order valence-electron chi connectivity index (χ2n) is 12.4. The molecule has 3 atom stereocenters. The largest absolute Gasteiger partial charge is 0.488 e. The zero-order valence-electron chi connectivity index (χ0n) is 21.9. The van der Waals surface area contributed by atoms with E-state index in [-0.39, 0.29) is 12.1 Å². The topological polar surface area (TPSA) is 38.8 Å². The molecule has 0 bridgehead atoms. The van der Waals surface area contributed by atoms with E-state index in [0.29, 0.717) is 23.6 Å². The van der Waals surface area contributed by atoms with Crippen LogP contribution in [0.25, 0.3) is 16.7 Å². The van der Waals surface area contributed by atoms with E-state index in [1.807, 2.05) is 32.9 Å². The maximum absolute atomic E-state index is 13.4. The number of hydrogen-bond donors (Lipinski definition) is 0. The number of fused-ring (bicyclic) bond motifs is 6. The van der Waals surface area contributed by atoms with Gasteiger partial charge in [-0.05, 0) is 135 Å². The molecule has 7 rings (SSSR count). The Hall–Kier alpha value is -2.72. The third-order valence-electron chi connectivity index (χ3n) is 8.93. The van der Waals surface area contributed by atoms with Crippen molar-refractivity contribution >= 4 is 23.3 Å². The average molecular weight is 516 g/mol. The van der Waals surface area contributed by atoms with Crippen molar-refractivity contribution < 1.29 is 14.3 Å². The van der Waals surface area contributed by atoms with Crippen LogP contribution in [0.2, 0.25) is 5.02 Å². The number of nitrogens with zero attached hydrogens (tertiary/aromatic N) is 1. The molecular weight excluding hydrogens is 482 g/mol. The van der Waals surface area contributed by atoms with Gasteiger partial charge < -0.3 is 9.47 Å². The minimum Gasteiger partial charge on any atom is -0.488 e. The molecule has 0 aromatic heterocycles.